The highest BCUT2D eigenvalue weighted by atomic mass is 16.5. The van der Waals surface area contributed by atoms with Gasteiger partial charge in [0.25, 0.3) is 11.8 Å². The van der Waals surface area contributed by atoms with Gasteiger partial charge in [-0.3, -0.25) is 20.4 Å². The third-order valence-corrected chi connectivity index (χ3v) is 3.52. The summed E-state index contributed by atoms with van der Waals surface area (Å²) in [4.78, 5) is 23.7. The van der Waals surface area contributed by atoms with Gasteiger partial charge in [0.15, 0.2) is 6.61 Å². The number of rotatable bonds is 7. The Morgan fingerprint density at radius 3 is 2.41 bits per heavy atom. The standard InChI is InChI=1S/C21H24N2O4/c1-4-26-19-8-6-5-7-17(19)9-10-20(24)22-23-21(25)14-27-18-12-15(2)11-16(3)13-18/h5-13H,4,14H2,1-3H3,(H,22,24)(H,23,25)/b10-9+. The van der Waals surface area contributed by atoms with Gasteiger partial charge in [0, 0.05) is 11.6 Å². The molecule has 6 nitrogen and oxygen atoms in total. The Morgan fingerprint density at radius 2 is 1.70 bits per heavy atom. The lowest BCUT2D eigenvalue weighted by Gasteiger charge is -2.09. The lowest BCUT2D eigenvalue weighted by atomic mass is 10.1. The first-order chi connectivity index (χ1) is 13.0. The molecule has 0 aliphatic heterocycles. The van der Waals surface area contributed by atoms with E-state index in [1.165, 1.54) is 6.08 Å². The first-order valence-corrected chi connectivity index (χ1v) is 8.67. The van der Waals surface area contributed by atoms with E-state index in [0.717, 1.165) is 16.7 Å². The lowest BCUT2D eigenvalue weighted by Crippen LogP contribution is -2.43. The van der Waals surface area contributed by atoms with Crippen molar-refractivity contribution < 1.29 is 19.1 Å². The molecule has 2 rings (SSSR count). The van der Waals surface area contributed by atoms with Gasteiger partial charge >= 0.3 is 0 Å². The summed E-state index contributed by atoms with van der Waals surface area (Å²) in [5, 5.41) is 0. The normalized spacial score (nSPS) is 10.5. The summed E-state index contributed by atoms with van der Waals surface area (Å²) in [6.45, 7) is 6.14. The Balaban J connectivity index is 1.80. The van der Waals surface area contributed by atoms with Crippen LogP contribution in [0.5, 0.6) is 11.5 Å². The molecule has 2 aromatic carbocycles. The smallest absolute Gasteiger partial charge is 0.276 e. The molecule has 0 spiro atoms. The van der Waals surface area contributed by atoms with Crippen LogP contribution in [0.15, 0.2) is 48.5 Å². The lowest BCUT2D eigenvalue weighted by molar-refractivity contribution is -0.128. The maximum absolute atomic E-state index is 11.9. The Morgan fingerprint density at radius 1 is 1.00 bits per heavy atom. The number of amides is 2. The highest BCUT2D eigenvalue weighted by Gasteiger charge is 2.05. The van der Waals surface area contributed by atoms with Crippen molar-refractivity contribution in [2.24, 2.45) is 0 Å². The van der Waals surface area contributed by atoms with E-state index >= 15 is 0 Å². The van der Waals surface area contributed by atoms with E-state index in [2.05, 4.69) is 10.9 Å². The highest BCUT2D eigenvalue weighted by molar-refractivity contribution is 5.93. The molecule has 0 aliphatic carbocycles. The fourth-order valence-corrected chi connectivity index (χ4v) is 2.44. The van der Waals surface area contributed by atoms with Crippen LogP contribution in [0, 0.1) is 13.8 Å². The summed E-state index contributed by atoms with van der Waals surface area (Å²) in [7, 11) is 0. The molecule has 2 amide bonds. The Labute approximate surface area is 159 Å². The van der Waals surface area contributed by atoms with E-state index in [1.807, 2.05) is 63.2 Å². The molecule has 2 aromatic rings. The van der Waals surface area contributed by atoms with E-state index in [-0.39, 0.29) is 6.61 Å². The van der Waals surface area contributed by atoms with Crippen molar-refractivity contribution in [1.29, 1.82) is 0 Å². The molecular formula is C21H24N2O4. The summed E-state index contributed by atoms with van der Waals surface area (Å²) in [5.74, 6) is 0.392. The number of carbonyl (C=O) groups is 2. The number of para-hydroxylation sites is 1. The molecule has 6 heteroatoms. The van der Waals surface area contributed by atoms with Gasteiger partial charge < -0.3 is 9.47 Å². The fourth-order valence-electron chi connectivity index (χ4n) is 2.44. The van der Waals surface area contributed by atoms with Crippen LogP contribution in [-0.2, 0) is 9.59 Å². The zero-order chi connectivity index (χ0) is 19.6. The zero-order valence-corrected chi connectivity index (χ0v) is 15.7. The summed E-state index contributed by atoms with van der Waals surface area (Å²) in [6.07, 6.45) is 2.95. The average molecular weight is 368 g/mol. The van der Waals surface area contributed by atoms with Crippen LogP contribution in [0.4, 0.5) is 0 Å². The molecule has 0 saturated heterocycles. The third kappa shape index (κ3) is 6.86. The molecule has 2 N–H and O–H groups in total. The van der Waals surface area contributed by atoms with Crippen molar-refractivity contribution >= 4 is 17.9 Å². The molecule has 0 fully saturated rings. The first kappa shape index (κ1) is 20.0. The molecule has 0 unspecified atom stereocenters. The monoisotopic (exact) mass is 368 g/mol. The van der Waals surface area contributed by atoms with Crippen LogP contribution in [0.3, 0.4) is 0 Å². The maximum Gasteiger partial charge on any atom is 0.276 e. The van der Waals surface area contributed by atoms with E-state index in [0.29, 0.717) is 18.1 Å². The molecule has 0 aliphatic rings. The number of carbonyl (C=O) groups excluding carboxylic acids is 2. The summed E-state index contributed by atoms with van der Waals surface area (Å²) in [6, 6.07) is 13.1. The fraction of sp³-hybridized carbons (Fsp3) is 0.238. The summed E-state index contributed by atoms with van der Waals surface area (Å²) >= 11 is 0. The van der Waals surface area contributed by atoms with E-state index in [1.54, 1.807) is 6.08 Å². The van der Waals surface area contributed by atoms with Crippen molar-refractivity contribution in [3.05, 3.63) is 65.2 Å². The quantitative estimate of drug-likeness (QED) is 0.582. The van der Waals surface area contributed by atoms with Gasteiger partial charge in [0.1, 0.15) is 11.5 Å². The van der Waals surface area contributed by atoms with Gasteiger partial charge in [0.05, 0.1) is 6.61 Å². The molecule has 142 valence electrons. The average Bonchev–Trinajstić information content (AvgIpc) is 2.63. The summed E-state index contributed by atoms with van der Waals surface area (Å²) in [5.41, 5.74) is 7.51. The van der Waals surface area contributed by atoms with E-state index in [4.69, 9.17) is 9.47 Å². The SMILES string of the molecule is CCOc1ccccc1/C=C/C(=O)NNC(=O)COc1cc(C)cc(C)c1. The minimum absolute atomic E-state index is 0.194. The van der Waals surface area contributed by atoms with Crippen LogP contribution in [0.2, 0.25) is 0 Å². The number of benzene rings is 2. The van der Waals surface area contributed by atoms with Crippen LogP contribution < -0.4 is 20.3 Å². The van der Waals surface area contributed by atoms with Gasteiger partial charge in [-0.2, -0.15) is 0 Å². The first-order valence-electron chi connectivity index (χ1n) is 8.67. The number of aryl methyl sites for hydroxylation is 2. The maximum atomic E-state index is 11.9. The second-order valence-electron chi connectivity index (χ2n) is 5.95. The van der Waals surface area contributed by atoms with Gasteiger partial charge in [-0.05, 0) is 56.2 Å². The third-order valence-electron chi connectivity index (χ3n) is 3.52. The molecule has 0 saturated carbocycles. The van der Waals surface area contributed by atoms with Crippen molar-refractivity contribution in [1.82, 2.24) is 10.9 Å². The second-order valence-corrected chi connectivity index (χ2v) is 5.95. The molecule has 0 atom stereocenters. The van der Waals surface area contributed by atoms with Crippen molar-refractivity contribution in [3.63, 3.8) is 0 Å². The molecule has 27 heavy (non-hydrogen) atoms. The van der Waals surface area contributed by atoms with Crippen LogP contribution >= 0.6 is 0 Å². The van der Waals surface area contributed by atoms with Gasteiger partial charge in [0.2, 0.25) is 0 Å². The van der Waals surface area contributed by atoms with Gasteiger partial charge in [-0.1, -0.05) is 24.3 Å². The number of hydrogen-bond donors (Lipinski definition) is 2. The van der Waals surface area contributed by atoms with E-state index in [9.17, 15) is 9.59 Å². The highest BCUT2D eigenvalue weighted by Crippen LogP contribution is 2.19. The number of ether oxygens (including phenoxy) is 2. The molecule has 0 aromatic heterocycles. The molecular weight excluding hydrogens is 344 g/mol. The molecule has 0 heterocycles. The Bertz CT molecular complexity index is 810. The Hall–Kier alpha value is -3.28. The molecule has 0 radical (unpaired) electrons. The zero-order valence-electron chi connectivity index (χ0n) is 15.7. The predicted octanol–water partition coefficient (Wildman–Crippen LogP) is 2.94. The van der Waals surface area contributed by atoms with Crippen LogP contribution in [0.1, 0.15) is 23.6 Å². The van der Waals surface area contributed by atoms with Crippen molar-refractivity contribution in [2.45, 2.75) is 20.8 Å². The van der Waals surface area contributed by atoms with Crippen molar-refractivity contribution in [2.75, 3.05) is 13.2 Å². The largest absolute Gasteiger partial charge is 0.493 e. The van der Waals surface area contributed by atoms with Crippen LogP contribution in [0.25, 0.3) is 6.08 Å². The van der Waals surface area contributed by atoms with Gasteiger partial charge in [-0.25, -0.2) is 0 Å². The van der Waals surface area contributed by atoms with Gasteiger partial charge in [-0.15, -0.1) is 0 Å². The Kier molecular flexibility index (Phi) is 7.43. The van der Waals surface area contributed by atoms with Crippen molar-refractivity contribution in [3.8, 4) is 11.5 Å². The number of nitrogens with one attached hydrogen (secondary N) is 2. The van der Waals surface area contributed by atoms with Crippen LogP contribution in [-0.4, -0.2) is 25.0 Å². The minimum Gasteiger partial charge on any atom is -0.493 e. The summed E-state index contributed by atoms with van der Waals surface area (Å²) < 4.78 is 10.9. The minimum atomic E-state index is -0.457. The topological polar surface area (TPSA) is 76.7 Å². The second kappa shape index (κ2) is 10.0. The van der Waals surface area contributed by atoms with E-state index < -0.39 is 11.8 Å². The number of hydrogen-bond acceptors (Lipinski definition) is 4. The molecule has 0 bridgehead atoms. The number of hydrazine groups is 1. The predicted molar refractivity (Wildman–Crippen MR) is 104 cm³/mol.